The van der Waals surface area contributed by atoms with E-state index in [1.54, 1.807) is 20.5 Å². The van der Waals surface area contributed by atoms with Gasteiger partial charge in [-0.1, -0.05) is 18.2 Å². The Morgan fingerprint density at radius 2 is 1.67 bits per heavy atom. The van der Waals surface area contributed by atoms with E-state index in [2.05, 4.69) is 4.98 Å². The van der Waals surface area contributed by atoms with Crippen LogP contribution in [0.1, 0.15) is 56.5 Å². The maximum Gasteiger partial charge on any atom is 0.166 e. The molecule has 2 aromatic rings. The highest BCUT2D eigenvalue weighted by molar-refractivity contribution is 5.85. The molecular weight excluding hydrogens is 518 g/mol. The molecule has 2 heterocycles. The summed E-state index contributed by atoms with van der Waals surface area (Å²) in [6.07, 6.45) is 6.49. The van der Waals surface area contributed by atoms with Crippen molar-refractivity contribution in [3.8, 4) is 28.8 Å². The molecule has 1 fully saturated rings. The molecule has 208 valence electrons. The normalized spacial score (nSPS) is 13.8. The Morgan fingerprint density at radius 3 is 2.36 bits per heavy atom. The van der Waals surface area contributed by atoms with E-state index in [4.69, 9.17) is 34.6 Å². The van der Waals surface area contributed by atoms with Gasteiger partial charge in [-0.3, -0.25) is 0 Å². The molecule has 0 amide bonds. The van der Waals surface area contributed by atoms with Gasteiger partial charge in [0.2, 0.25) is 0 Å². The van der Waals surface area contributed by atoms with Crippen molar-refractivity contribution in [3.63, 3.8) is 0 Å². The van der Waals surface area contributed by atoms with E-state index >= 15 is 0 Å². The van der Waals surface area contributed by atoms with Crippen molar-refractivity contribution in [2.24, 2.45) is 0 Å². The lowest BCUT2D eigenvalue weighted by Gasteiger charge is -2.22. The first-order valence-corrected chi connectivity index (χ1v) is 13.0. The van der Waals surface area contributed by atoms with Crippen molar-refractivity contribution in [1.29, 1.82) is 0 Å². The molecule has 0 bridgehead atoms. The second-order valence-corrected chi connectivity index (χ2v) is 10.1. The zero-order valence-electron chi connectivity index (χ0n) is 22.8. The summed E-state index contributed by atoms with van der Waals surface area (Å²) in [6, 6.07) is 13.8. The number of benzene rings is 2. The maximum absolute atomic E-state index is 6.29. The second-order valence-electron chi connectivity index (χ2n) is 10.1. The Morgan fingerprint density at radius 1 is 0.949 bits per heavy atom. The fourth-order valence-electron chi connectivity index (χ4n) is 4.68. The maximum atomic E-state index is 6.29. The van der Waals surface area contributed by atoms with Gasteiger partial charge in [0.1, 0.15) is 11.4 Å². The summed E-state index contributed by atoms with van der Waals surface area (Å²) in [5, 5.41) is 0. The standard InChI is InChI=1S/C29H35N5O4.ClH/c1-29(2,37-17-19-9-12-21(35-3)13-10-19)28-32-25-26(30)31-18-34(27(25)33-28)16-20-11-14-23(36-4)24(15-20)38-22-7-5-6-8-22;/h9-15,18,22H,5-8,16-17,30H2,1-4H3;1H. The van der Waals surface area contributed by atoms with Gasteiger partial charge in [0.25, 0.3) is 0 Å². The molecule has 1 aliphatic carbocycles. The van der Waals surface area contributed by atoms with Gasteiger partial charge in [-0.2, -0.15) is 0 Å². The minimum atomic E-state index is -0.744. The van der Waals surface area contributed by atoms with Crippen LogP contribution in [-0.4, -0.2) is 39.8 Å². The zero-order chi connectivity index (χ0) is 26.7. The van der Waals surface area contributed by atoms with Gasteiger partial charge in [-0.05, 0) is 74.9 Å². The average Bonchev–Trinajstić information content (AvgIpc) is 3.61. The van der Waals surface area contributed by atoms with E-state index in [1.807, 2.05) is 60.9 Å². The third-order valence-electron chi connectivity index (χ3n) is 6.97. The van der Waals surface area contributed by atoms with Crippen molar-refractivity contribution in [3.05, 3.63) is 65.7 Å². The van der Waals surface area contributed by atoms with Crippen LogP contribution >= 0.6 is 12.4 Å². The Hall–Kier alpha value is -3.56. The Bertz CT molecular complexity index is 1350. The molecule has 3 aliphatic rings. The molecule has 2 aromatic carbocycles. The number of nitrogens with zero attached hydrogens (tertiary/aromatic N) is 4. The Labute approximate surface area is 235 Å². The Kier molecular flexibility index (Phi) is 8.82. The molecule has 0 aromatic heterocycles. The fraction of sp³-hybridized carbons (Fsp3) is 0.414. The van der Waals surface area contributed by atoms with Gasteiger partial charge in [0.05, 0.1) is 39.8 Å². The van der Waals surface area contributed by atoms with Crippen LogP contribution in [-0.2, 0) is 23.5 Å². The first-order valence-electron chi connectivity index (χ1n) is 13.0. The number of fused-ring (bicyclic) bond motifs is 1. The molecule has 0 spiro atoms. The summed E-state index contributed by atoms with van der Waals surface area (Å²) in [4.78, 5) is 14.0. The van der Waals surface area contributed by atoms with Crippen LogP contribution in [0.15, 0.2) is 48.8 Å². The minimum absolute atomic E-state index is 0. The summed E-state index contributed by atoms with van der Waals surface area (Å²) in [5.41, 5.74) is 8.08. The van der Waals surface area contributed by atoms with Crippen LogP contribution in [0.2, 0.25) is 0 Å². The smallest absolute Gasteiger partial charge is 0.166 e. The van der Waals surface area contributed by atoms with Crippen molar-refractivity contribution in [2.45, 2.75) is 64.4 Å². The molecule has 2 aliphatic heterocycles. The van der Waals surface area contributed by atoms with Crippen molar-refractivity contribution in [1.82, 2.24) is 19.5 Å². The lowest BCUT2D eigenvalue weighted by atomic mass is 10.1. The largest absolute Gasteiger partial charge is 0.497 e. The summed E-state index contributed by atoms with van der Waals surface area (Å²) >= 11 is 0. The van der Waals surface area contributed by atoms with Gasteiger partial charge in [-0.15, -0.1) is 12.4 Å². The molecular formula is C29H36ClN5O4. The molecule has 0 atom stereocenters. The Balaban J connectivity index is 0.00000353. The van der Waals surface area contributed by atoms with Crippen LogP contribution in [0.25, 0.3) is 11.5 Å². The molecule has 10 heteroatoms. The molecule has 1 saturated carbocycles. The molecule has 9 nitrogen and oxygen atoms in total. The predicted molar refractivity (Wildman–Crippen MR) is 152 cm³/mol. The number of methoxy groups -OCH3 is 2. The van der Waals surface area contributed by atoms with Gasteiger partial charge in [-0.25, -0.2) is 15.0 Å². The van der Waals surface area contributed by atoms with E-state index in [-0.39, 0.29) is 18.5 Å². The lowest BCUT2D eigenvalue weighted by Crippen LogP contribution is -2.23. The summed E-state index contributed by atoms with van der Waals surface area (Å²) in [6.45, 7) is 4.84. The number of nitrogens with two attached hydrogens (primary N) is 1. The molecule has 2 N–H and O–H groups in total. The quantitative estimate of drug-likeness (QED) is 0.270. The monoisotopic (exact) mass is 553 g/mol. The van der Waals surface area contributed by atoms with Crippen molar-refractivity contribution in [2.75, 3.05) is 20.0 Å². The SMILES string of the molecule is COc1ccc(COC(C)(C)c2nc3c(N)ncn(Cc4ccc(OC)c(OC5CCCC5)c4)c-3n2)cc1.Cl. The number of rotatable bonds is 10. The lowest BCUT2D eigenvalue weighted by molar-refractivity contribution is -0.0393. The van der Waals surface area contributed by atoms with Gasteiger partial charge in [0.15, 0.2) is 34.7 Å². The first-order chi connectivity index (χ1) is 18.4. The summed E-state index contributed by atoms with van der Waals surface area (Å²) in [7, 11) is 3.31. The topological polar surface area (TPSA) is 107 Å². The number of imidazole rings is 1. The van der Waals surface area contributed by atoms with Crippen LogP contribution in [0, 0.1) is 0 Å². The highest BCUT2D eigenvalue weighted by Gasteiger charge is 2.30. The number of hydrogen-bond donors (Lipinski definition) is 1. The predicted octanol–water partition coefficient (Wildman–Crippen LogP) is 5.62. The number of ether oxygens (including phenoxy) is 4. The van der Waals surface area contributed by atoms with Gasteiger partial charge < -0.3 is 29.2 Å². The zero-order valence-corrected chi connectivity index (χ0v) is 23.7. The summed E-state index contributed by atoms with van der Waals surface area (Å²) in [5.74, 6) is 3.84. The van der Waals surface area contributed by atoms with Gasteiger partial charge in [0, 0.05) is 0 Å². The van der Waals surface area contributed by atoms with Crippen molar-refractivity contribution >= 4 is 18.2 Å². The highest BCUT2D eigenvalue weighted by atomic mass is 35.5. The second kappa shape index (κ2) is 12.1. The molecule has 5 rings (SSSR count). The molecule has 39 heavy (non-hydrogen) atoms. The van der Waals surface area contributed by atoms with E-state index in [1.165, 1.54) is 12.8 Å². The van der Waals surface area contributed by atoms with Crippen LogP contribution in [0.5, 0.6) is 17.2 Å². The minimum Gasteiger partial charge on any atom is -0.497 e. The van der Waals surface area contributed by atoms with E-state index < -0.39 is 5.60 Å². The van der Waals surface area contributed by atoms with Crippen LogP contribution in [0.4, 0.5) is 5.82 Å². The van der Waals surface area contributed by atoms with E-state index in [0.29, 0.717) is 36.3 Å². The van der Waals surface area contributed by atoms with E-state index in [0.717, 1.165) is 41.2 Å². The van der Waals surface area contributed by atoms with Crippen LogP contribution < -0.4 is 19.9 Å². The fourth-order valence-corrected chi connectivity index (χ4v) is 4.68. The van der Waals surface area contributed by atoms with Gasteiger partial charge >= 0.3 is 0 Å². The van der Waals surface area contributed by atoms with Crippen molar-refractivity contribution < 1.29 is 18.9 Å². The van der Waals surface area contributed by atoms with E-state index in [9.17, 15) is 0 Å². The number of aromatic nitrogens is 4. The molecule has 0 radical (unpaired) electrons. The molecule has 0 saturated heterocycles. The summed E-state index contributed by atoms with van der Waals surface area (Å²) < 4.78 is 25.3. The number of nitrogen functional groups attached to an aromatic ring is 1. The number of halogens is 1. The third-order valence-corrected chi connectivity index (χ3v) is 6.97. The van der Waals surface area contributed by atoms with Crippen LogP contribution in [0.3, 0.4) is 0 Å². The highest BCUT2D eigenvalue weighted by Crippen LogP contribution is 2.34. The average molecular weight is 554 g/mol. The number of anilines is 1. The third kappa shape index (κ3) is 6.37. The number of hydrogen-bond acceptors (Lipinski definition) is 8. The first kappa shape index (κ1) is 28.4. The molecule has 0 unspecified atom stereocenters.